The van der Waals surface area contributed by atoms with E-state index in [0.717, 1.165) is 24.4 Å². The minimum Gasteiger partial charge on any atom is -0.481 e. The Balaban J connectivity index is 1.39. The molecule has 136 valence electrons. The van der Waals surface area contributed by atoms with Gasteiger partial charge in [-0.1, -0.05) is 35.6 Å². The van der Waals surface area contributed by atoms with Gasteiger partial charge in [-0.05, 0) is 36.8 Å². The number of piperidine rings is 1. The van der Waals surface area contributed by atoms with Gasteiger partial charge in [0.1, 0.15) is 4.88 Å². The second-order valence-electron chi connectivity index (χ2n) is 6.98. The molecule has 1 amide bonds. The summed E-state index contributed by atoms with van der Waals surface area (Å²) < 4.78 is 0. The standard InChI is InChI=1S/C19H21N3O3S/c23-17(22-7-3-6-14(11-22)18(24)25)16-10-20-19(26-16)21-15-8-12-4-1-2-5-13(12)9-15/h1-2,4-5,10,14-15H,3,6-9,11H2,(H,20,21)(H,24,25)/t14-/m0/s1. The van der Waals surface area contributed by atoms with E-state index in [4.69, 9.17) is 0 Å². The molecule has 1 aliphatic heterocycles. The van der Waals surface area contributed by atoms with E-state index in [1.807, 2.05) is 0 Å². The Morgan fingerprint density at radius 2 is 1.96 bits per heavy atom. The molecule has 1 aromatic heterocycles. The molecule has 0 radical (unpaired) electrons. The first kappa shape index (κ1) is 17.0. The van der Waals surface area contributed by atoms with Gasteiger partial charge in [0, 0.05) is 19.1 Å². The first-order valence-electron chi connectivity index (χ1n) is 8.91. The number of benzene rings is 1. The van der Waals surface area contributed by atoms with E-state index >= 15 is 0 Å². The maximum absolute atomic E-state index is 12.7. The number of amides is 1. The molecule has 0 unspecified atom stereocenters. The summed E-state index contributed by atoms with van der Waals surface area (Å²) in [6.07, 6.45) is 4.89. The summed E-state index contributed by atoms with van der Waals surface area (Å²) in [7, 11) is 0. The first-order valence-corrected chi connectivity index (χ1v) is 9.73. The van der Waals surface area contributed by atoms with E-state index in [1.54, 1.807) is 11.1 Å². The second kappa shape index (κ2) is 7.07. The topological polar surface area (TPSA) is 82.5 Å². The van der Waals surface area contributed by atoms with E-state index in [-0.39, 0.29) is 12.5 Å². The monoisotopic (exact) mass is 371 g/mol. The van der Waals surface area contributed by atoms with Crippen LogP contribution in [0.2, 0.25) is 0 Å². The molecule has 2 N–H and O–H groups in total. The maximum atomic E-state index is 12.7. The number of thiazole rings is 1. The largest absolute Gasteiger partial charge is 0.481 e. The maximum Gasteiger partial charge on any atom is 0.308 e. The smallest absolute Gasteiger partial charge is 0.308 e. The molecule has 1 fully saturated rings. The molecule has 2 aliphatic rings. The van der Waals surface area contributed by atoms with E-state index in [9.17, 15) is 14.7 Å². The molecule has 0 spiro atoms. The van der Waals surface area contributed by atoms with Crippen LogP contribution in [0, 0.1) is 5.92 Å². The Morgan fingerprint density at radius 1 is 1.23 bits per heavy atom. The van der Waals surface area contributed by atoms with Crippen LogP contribution in [0.15, 0.2) is 30.5 Å². The number of carbonyl (C=O) groups excluding carboxylic acids is 1. The van der Waals surface area contributed by atoms with E-state index in [0.29, 0.717) is 23.9 Å². The molecule has 0 bridgehead atoms. The number of nitrogens with zero attached hydrogens (tertiary/aromatic N) is 2. The van der Waals surface area contributed by atoms with Crippen LogP contribution in [0.4, 0.5) is 5.13 Å². The van der Waals surface area contributed by atoms with E-state index in [2.05, 4.69) is 34.6 Å². The number of likely N-dealkylation sites (tertiary alicyclic amines) is 1. The van der Waals surface area contributed by atoms with Gasteiger partial charge in [-0.15, -0.1) is 0 Å². The molecule has 6 nitrogen and oxygen atoms in total. The average molecular weight is 371 g/mol. The Morgan fingerprint density at radius 3 is 2.65 bits per heavy atom. The number of hydrogen-bond acceptors (Lipinski definition) is 5. The number of carboxylic acid groups (broad SMARTS) is 1. The van der Waals surface area contributed by atoms with Crippen LogP contribution in [0.5, 0.6) is 0 Å². The van der Waals surface area contributed by atoms with Crippen LogP contribution in [-0.4, -0.2) is 46.0 Å². The van der Waals surface area contributed by atoms with Gasteiger partial charge < -0.3 is 15.3 Å². The van der Waals surface area contributed by atoms with Crippen LogP contribution in [0.3, 0.4) is 0 Å². The summed E-state index contributed by atoms with van der Waals surface area (Å²) in [5.41, 5.74) is 2.73. The lowest BCUT2D eigenvalue weighted by atomic mass is 9.98. The molecule has 2 aromatic rings. The Bertz CT molecular complexity index is 810. The predicted molar refractivity (Wildman–Crippen MR) is 99.6 cm³/mol. The summed E-state index contributed by atoms with van der Waals surface area (Å²) in [6.45, 7) is 0.897. The molecular formula is C19H21N3O3S. The van der Waals surface area contributed by atoms with Gasteiger partial charge in [-0.25, -0.2) is 4.98 Å². The highest BCUT2D eigenvalue weighted by Crippen LogP contribution is 2.28. The molecule has 4 rings (SSSR count). The molecule has 1 atom stereocenters. The number of aromatic nitrogens is 1. The molecule has 2 heterocycles. The van der Waals surface area contributed by atoms with Gasteiger partial charge in [0.15, 0.2) is 5.13 Å². The number of nitrogens with one attached hydrogen (secondary N) is 1. The van der Waals surface area contributed by atoms with Crippen molar-refractivity contribution in [3.8, 4) is 0 Å². The predicted octanol–water partition coefficient (Wildman–Crippen LogP) is 2.66. The minimum absolute atomic E-state index is 0.115. The van der Waals surface area contributed by atoms with Crippen LogP contribution in [0.1, 0.15) is 33.6 Å². The molecule has 1 aliphatic carbocycles. The number of rotatable bonds is 4. The highest BCUT2D eigenvalue weighted by atomic mass is 32.1. The van der Waals surface area contributed by atoms with Crippen LogP contribution < -0.4 is 5.32 Å². The third-order valence-electron chi connectivity index (χ3n) is 5.15. The molecule has 1 aromatic carbocycles. The van der Waals surface area contributed by atoms with Crippen LogP contribution in [0.25, 0.3) is 0 Å². The number of aliphatic carboxylic acids is 1. The van der Waals surface area contributed by atoms with Crippen molar-refractivity contribution in [2.45, 2.75) is 31.7 Å². The van der Waals surface area contributed by atoms with Gasteiger partial charge in [0.2, 0.25) is 0 Å². The zero-order valence-electron chi connectivity index (χ0n) is 14.4. The quantitative estimate of drug-likeness (QED) is 0.863. The van der Waals surface area contributed by atoms with Crippen molar-refractivity contribution in [2.24, 2.45) is 5.92 Å². The lowest BCUT2D eigenvalue weighted by Crippen LogP contribution is -2.42. The third-order valence-corrected chi connectivity index (χ3v) is 6.07. The molecule has 26 heavy (non-hydrogen) atoms. The number of anilines is 1. The first-order chi connectivity index (χ1) is 12.6. The van der Waals surface area contributed by atoms with Crippen molar-refractivity contribution in [3.05, 3.63) is 46.5 Å². The summed E-state index contributed by atoms with van der Waals surface area (Å²) in [4.78, 5) is 30.4. The minimum atomic E-state index is -0.824. The van der Waals surface area contributed by atoms with Crippen molar-refractivity contribution in [3.63, 3.8) is 0 Å². The van der Waals surface area contributed by atoms with Gasteiger partial charge in [-0.3, -0.25) is 9.59 Å². The fraction of sp³-hybridized carbons (Fsp3) is 0.421. The summed E-state index contributed by atoms with van der Waals surface area (Å²) in [5, 5.41) is 13.4. The Labute approximate surface area is 155 Å². The van der Waals surface area contributed by atoms with E-state index < -0.39 is 11.9 Å². The van der Waals surface area contributed by atoms with Crippen molar-refractivity contribution < 1.29 is 14.7 Å². The normalized spacial score (nSPS) is 20.0. The van der Waals surface area contributed by atoms with Gasteiger partial charge in [0.25, 0.3) is 5.91 Å². The average Bonchev–Trinajstić information content (AvgIpc) is 3.27. The van der Waals surface area contributed by atoms with Gasteiger partial charge >= 0.3 is 5.97 Å². The molecule has 1 saturated heterocycles. The van der Waals surface area contributed by atoms with Crippen LogP contribution >= 0.6 is 11.3 Å². The zero-order valence-corrected chi connectivity index (χ0v) is 15.2. The van der Waals surface area contributed by atoms with Gasteiger partial charge in [0.05, 0.1) is 12.1 Å². The third kappa shape index (κ3) is 3.44. The molecular weight excluding hydrogens is 350 g/mol. The second-order valence-corrected chi connectivity index (χ2v) is 8.01. The number of fused-ring (bicyclic) bond motifs is 1. The van der Waals surface area contributed by atoms with Gasteiger partial charge in [-0.2, -0.15) is 0 Å². The van der Waals surface area contributed by atoms with Crippen molar-refractivity contribution in [1.29, 1.82) is 0 Å². The zero-order chi connectivity index (χ0) is 18.1. The fourth-order valence-electron chi connectivity index (χ4n) is 3.79. The SMILES string of the molecule is O=C(O)[C@H]1CCCN(C(=O)c2cnc(NC3Cc4ccccc4C3)s2)C1. The number of carbonyl (C=O) groups is 2. The highest BCUT2D eigenvalue weighted by Gasteiger charge is 2.30. The lowest BCUT2D eigenvalue weighted by molar-refractivity contribution is -0.143. The summed E-state index contributed by atoms with van der Waals surface area (Å²) in [5.74, 6) is -1.40. The molecule has 0 saturated carbocycles. The molecule has 7 heteroatoms. The van der Waals surface area contributed by atoms with Crippen molar-refractivity contribution in [1.82, 2.24) is 9.88 Å². The van der Waals surface area contributed by atoms with Crippen molar-refractivity contribution >= 4 is 28.3 Å². The fourth-order valence-corrected chi connectivity index (χ4v) is 4.66. The summed E-state index contributed by atoms with van der Waals surface area (Å²) >= 11 is 1.35. The van der Waals surface area contributed by atoms with Crippen LogP contribution in [-0.2, 0) is 17.6 Å². The number of carboxylic acids is 1. The van der Waals surface area contributed by atoms with Crippen molar-refractivity contribution in [2.75, 3.05) is 18.4 Å². The summed E-state index contributed by atoms with van der Waals surface area (Å²) in [6, 6.07) is 8.73. The number of hydrogen-bond donors (Lipinski definition) is 2. The van der Waals surface area contributed by atoms with E-state index in [1.165, 1.54) is 22.5 Å². The lowest BCUT2D eigenvalue weighted by Gasteiger charge is -2.30. The Hall–Kier alpha value is -2.41. The Kier molecular flexibility index (Phi) is 4.63. The highest BCUT2D eigenvalue weighted by molar-refractivity contribution is 7.17.